The number of pyridine rings is 2. The number of amides is 1. The summed E-state index contributed by atoms with van der Waals surface area (Å²) in [6.07, 6.45) is 6.56. The summed E-state index contributed by atoms with van der Waals surface area (Å²) in [6.45, 7) is 10.7. The summed E-state index contributed by atoms with van der Waals surface area (Å²) in [6, 6.07) is 11.8. The fourth-order valence-corrected chi connectivity index (χ4v) is 5.20. The number of piperidine rings is 1. The Balaban J connectivity index is 1.24. The van der Waals surface area contributed by atoms with Crippen LogP contribution in [0.25, 0.3) is 22.2 Å². The van der Waals surface area contributed by atoms with Crippen molar-refractivity contribution in [2.75, 3.05) is 37.3 Å². The third kappa shape index (κ3) is 6.26. The summed E-state index contributed by atoms with van der Waals surface area (Å²) in [5.41, 5.74) is 4.30. The fraction of sp³-hybridized carbons (Fsp3) is 0.323. The molecule has 3 N–H and O–H groups in total. The van der Waals surface area contributed by atoms with Crippen molar-refractivity contribution < 1.29 is 9.18 Å². The predicted octanol–water partition coefficient (Wildman–Crippen LogP) is 5.21. The van der Waals surface area contributed by atoms with Crippen LogP contribution in [0.15, 0.2) is 67.4 Å². The highest BCUT2D eigenvalue weighted by molar-refractivity contribution is 6.06. The van der Waals surface area contributed by atoms with Crippen molar-refractivity contribution in [1.29, 1.82) is 0 Å². The topological polar surface area (TPSA) is 108 Å². The van der Waals surface area contributed by atoms with Crippen LogP contribution in [0.2, 0.25) is 0 Å². The Morgan fingerprint density at radius 3 is 2.61 bits per heavy atom. The molecule has 41 heavy (non-hydrogen) atoms. The molecule has 1 amide bonds. The minimum atomic E-state index is -0.643. The van der Waals surface area contributed by atoms with Gasteiger partial charge in [0.15, 0.2) is 5.82 Å². The summed E-state index contributed by atoms with van der Waals surface area (Å²) in [7, 11) is 1.48. The monoisotopic (exact) mass is 554 g/mol. The van der Waals surface area contributed by atoms with Gasteiger partial charge in [0.05, 0.1) is 23.0 Å². The Hall–Kier alpha value is -4.60. The molecule has 5 rings (SSSR count). The number of hydrogen-bond donors (Lipinski definition) is 3. The van der Waals surface area contributed by atoms with E-state index in [4.69, 9.17) is 0 Å². The van der Waals surface area contributed by atoms with Gasteiger partial charge in [-0.3, -0.25) is 9.78 Å². The number of nitrogens with one attached hydrogen (secondary N) is 3. The normalized spacial score (nSPS) is 14.5. The number of likely N-dealkylation sites (tertiary alicyclic amines) is 1. The zero-order chi connectivity index (χ0) is 28.9. The molecule has 1 aromatic carbocycles. The third-order valence-corrected chi connectivity index (χ3v) is 7.57. The van der Waals surface area contributed by atoms with Crippen molar-refractivity contribution in [1.82, 2.24) is 30.2 Å². The Bertz CT molecular complexity index is 1550. The first-order chi connectivity index (χ1) is 19.8. The lowest BCUT2D eigenvalue weighted by Gasteiger charge is -2.34. The molecule has 0 bridgehead atoms. The highest BCUT2D eigenvalue weighted by Crippen LogP contribution is 2.28. The zero-order valence-electron chi connectivity index (χ0n) is 23.6. The van der Waals surface area contributed by atoms with E-state index in [-0.39, 0.29) is 11.5 Å². The second-order valence-electron chi connectivity index (χ2n) is 10.4. The number of hydrogen-bond acceptors (Lipinski definition) is 8. The third-order valence-electron chi connectivity index (χ3n) is 7.57. The number of fused-ring (bicyclic) bond motifs is 1. The molecular weight excluding hydrogens is 519 g/mol. The van der Waals surface area contributed by atoms with Gasteiger partial charge >= 0.3 is 0 Å². The van der Waals surface area contributed by atoms with Crippen LogP contribution in [0, 0.1) is 5.82 Å². The molecule has 0 saturated carbocycles. The average Bonchev–Trinajstić information content (AvgIpc) is 3.00. The van der Waals surface area contributed by atoms with E-state index in [0.29, 0.717) is 29.3 Å². The number of para-hydroxylation sites is 1. The molecule has 1 fully saturated rings. The van der Waals surface area contributed by atoms with Crippen molar-refractivity contribution in [2.24, 2.45) is 0 Å². The summed E-state index contributed by atoms with van der Waals surface area (Å²) in [4.78, 5) is 32.4. The summed E-state index contributed by atoms with van der Waals surface area (Å²) < 4.78 is 14.4. The van der Waals surface area contributed by atoms with Crippen LogP contribution in [-0.2, 0) is 0 Å². The van der Waals surface area contributed by atoms with Crippen LogP contribution in [0.4, 0.5) is 16.0 Å². The standard InChI is InChI=1S/C31H35FN8O/c1-19(2)40-12-10-22(11-13-40)39-27-9-8-21(16-35-27)26-14-28(38-18-37-26)34-15-20(3)23-6-5-7-24-29(31(41)33-4)25(32)17-36-30(23)24/h5-9,14,16-18,20,22H,1,10-13,15H2,2-4H3,(H,33,41)(H,35,39)(H,34,37,38)/t20-/m1/s1. The van der Waals surface area contributed by atoms with Crippen molar-refractivity contribution >= 4 is 28.4 Å². The number of aromatic nitrogens is 4. The van der Waals surface area contributed by atoms with Gasteiger partial charge in [0.1, 0.15) is 18.0 Å². The molecule has 0 radical (unpaired) electrons. The van der Waals surface area contributed by atoms with Gasteiger partial charge in [-0.05, 0) is 37.5 Å². The van der Waals surface area contributed by atoms with Crippen LogP contribution in [-0.4, -0.2) is 63.5 Å². The van der Waals surface area contributed by atoms with Gasteiger partial charge in [-0.2, -0.15) is 0 Å². The fourth-order valence-electron chi connectivity index (χ4n) is 5.20. The molecule has 1 saturated heterocycles. The van der Waals surface area contributed by atoms with Crippen LogP contribution in [0.3, 0.4) is 0 Å². The van der Waals surface area contributed by atoms with Crippen molar-refractivity contribution in [2.45, 2.75) is 38.6 Å². The average molecular weight is 555 g/mol. The largest absolute Gasteiger partial charge is 0.375 e. The number of nitrogens with zero attached hydrogens (tertiary/aromatic N) is 5. The van der Waals surface area contributed by atoms with Crippen LogP contribution >= 0.6 is 0 Å². The first-order valence-electron chi connectivity index (χ1n) is 13.8. The minimum absolute atomic E-state index is 0.00176. The molecule has 3 aromatic heterocycles. The number of rotatable bonds is 9. The first kappa shape index (κ1) is 27.9. The van der Waals surface area contributed by atoms with Crippen molar-refractivity contribution in [3.63, 3.8) is 0 Å². The molecule has 4 heterocycles. The number of allylic oxidation sites excluding steroid dienone is 1. The van der Waals surface area contributed by atoms with Crippen LogP contribution < -0.4 is 16.0 Å². The maximum Gasteiger partial charge on any atom is 0.254 e. The van der Waals surface area contributed by atoms with Crippen LogP contribution in [0.1, 0.15) is 48.5 Å². The molecule has 0 aliphatic carbocycles. The smallest absolute Gasteiger partial charge is 0.254 e. The maximum absolute atomic E-state index is 14.4. The van der Waals surface area contributed by atoms with E-state index in [0.717, 1.165) is 60.5 Å². The second-order valence-corrected chi connectivity index (χ2v) is 10.4. The van der Waals surface area contributed by atoms with Gasteiger partial charge in [0.2, 0.25) is 0 Å². The second kappa shape index (κ2) is 12.3. The van der Waals surface area contributed by atoms with E-state index >= 15 is 0 Å². The Labute approximate surface area is 239 Å². The van der Waals surface area contributed by atoms with Crippen LogP contribution in [0.5, 0.6) is 0 Å². The van der Waals surface area contributed by atoms with Gasteiger partial charge in [-0.25, -0.2) is 19.3 Å². The van der Waals surface area contributed by atoms with Gasteiger partial charge in [0, 0.05) is 67.6 Å². The highest BCUT2D eigenvalue weighted by atomic mass is 19.1. The van der Waals surface area contributed by atoms with Crippen molar-refractivity contribution in [3.8, 4) is 11.3 Å². The number of benzene rings is 1. The molecule has 0 unspecified atom stereocenters. The number of anilines is 2. The molecule has 212 valence electrons. The van der Waals surface area contributed by atoms with E-state index in [9.17, 15) is 9.18 Å². The Morgan fingerprint density at radius 1 is 1.10 bits per heavy atom. The molecule has 10 heteroatoms. The maximum atomic E-state index is 14.4. The van der Waals surface area contributed by atoms with Gasteiger partial charge in [-0.15, -0.1) is 0 Å². The van der Waals surface area contributed by atoms with E-state index in [2.05, 4.69) is 54.3 Å². The first-order valence-corrected chi connectivity index (χ1v) is 13.8. The predicted molar refractivity (Wildman–Crippen MR) is 160 cm³/mol. The van der Waals surface area contributed by atoms with E-state index in [1.165, 1.54) is 13.4 Å². The number of carbonyl (C=O) groups is 1. The Morgan fingerprint density at radius 2 is 1.90 bits per heavy atom. The molecule has 1 atom stereocenters. The van der Waals surface area contributed by atoms with Gasteiger partial charge < -0.3 is 20.9 Å². The lowest BCUT2D eigenvalue weighted by molar-refractivity contribution is 0.0960. The SMILES string of the molecule is C=C(C)N1CCC(Nc2ccc(-c3cc(NC[C@@H](C)c4cccc5c(C(=O)NC)c(F)cnc45)ncn3)cn2)CC1. The summed E-state index contributed by atoms with van der Waals surface area (Å²) in [5, 5.41) is 9.92. The Kier molecular flexibility index (Phi) is 8.37. The molecule has 9 nitrogen and oxygen atoms in total. The number of halogens is 1. The van der Waals surface area contributed by atoms with E-state index < -0.39 is 11.7 Å². The number of carbonyl (C=O) groups excluding carboxylic acids is 1. The van der Waals surface area contributed by atoms with E-state index in [1.807, 2.05) is 43.5 Å². The quantitative estimate of drug-likeness (QED) is 0.259. The minimum Gasteiger partial charge on any atom is -0.375 e. The lowest BCUT2D eigenvalue weighted by Crippen LogP contribution is -2.37. The summed E-state index contributed by atoms with van der Waals surface area (Å²) >= 11 is 0. The van der Waals surface area contributed by atoms with Gasteiger partial charge in [0.25, 0.3) is 5.91 Å². The molecule has 0 spiro atoms. The lowest BCUT2D eigenvalue weighted by atomic mass is 9.96. The van der Waals surface area contributed by atoms with Crippen molar-refractivity contribution in [3.05, 3.63) is 84.3 Å². The van der Waals surface area contributed by atoms with Gasteiger partial charge in [-0.1, -0.05) is 31.7 Å². The summed E-state index contributed by atoms with van der Waals surface area (Å²) in [5.74, 6) is 0.413. The molecule has 4 aromatic rings. The molecule has 1 aliphatic rings. The zero-order valence-corrected chi connectivity index (χ0v) is 23.6. The highest BCUT2D eigenvalue weighted by Gasteiger charge is 2.20. The van der Waals surface area contributed by atoms with E-state index in [1.54, 1.807) is 6.07 Å². The molecular formula is C31H35FN8O. The molecule has 1 aliphatic heterocycles.